The average molecular weight is 214 g/mol. The van der Waals surface area contributed by atoms with Gasteiger partial charge >= 0.3 is 5.97 Å². The molecule has 0 amide bonds. The molecule has 15 heavy (non-hydrogen) atoms. The SMILES string of the molecule is CC1CCN(C(C)C)C(CC(=O)O)CN1. The third-order valence-electron chi connectivity index (χ3n) is 3.06. The zero-order valence-electron chi connectivity index (χ0n) is 9.86. The van der Waals surface area contributed by atoms with E-state index in [1.165, 1.54) is 0 Å². The Bertz CT molecular complexity index is 219. The molecule has 4 heteroatoms. The van der Waals surface area contributed by atoms with Crippen molar-refractivity contribution in [1.29, 1.82) is 0 Å². The largest absolute Gasteiger partial charge is 0.481 e. The lowest BCUT2D eigenvalue weighted by molar-refractivity contribution is -0.138. The predicted molar refractivity (Wildman–Crippen MR) is 60.0 cm³/mol. The molecule has 2 N–H and O–H groups in total. The summed E-state index contributed by atoms with van der Waals surface area (Å²) in [6.07, 6.45) is 1.33. The summed E-state index contributed by atoms with van der Waals surface area (Å²) in [5.74, 6) is -0.706. The van der Waals surface area contributed by atoms with Crippen LogP contribution in [0.15, 0.2) is 0 Å². The van der Waals surface area contributed by atoms with Crippen LogP contribution in [0.4, 0.5) is 0 Å². The molecule has 1 fully saturated rings. The van der Waals surface area contributed by atoms with Gasteiger partial charge in [-0.3, -0.25) is 9.69 Å². The molecular formula is C11H22N2O2. The number of hydrogen-bond acceptors (Lipinski definition) is 3. The molecule has 0 aromatic carbocycles. The first-order valence-corrected chi connectivity index (χ1v) is 5.71. The topological polar surface area (TPSA) is 52.6 Å². The Hall–Kier alpha value is -0.610. The number of carboxylic acids is 1. The van der Waals surface area contributed by atoms with Crippen LogP contribution in [0.5, 0.6) is 0 Å². The fraction of sp³-hybridized carbons (Fsp3) is 0.909. The molecule has 0 spiro atoms. The maximum atomic E-state index is 10.8. The van der Waals surface area contributed by atoms with E-state index < -0.39 is 5.97 Å². The molecule has 2 unspecified atom stereocenters. The summed E-state index contributed by atoms with van der Waals surface area (Å²) in [5, 5.41) is 12.2. The number of aliphatic carboxylic acids is 1. The summed E-state index contributed by atoms with van der Waals surface area (Å²) in [7, 11) is 0. The van der Waals surface area contributed by atoms with Gasteiger partial charge in [0.2, 0.25) is 0 Å². The van der Waals surface area contributed by atoms with Crippen molar-refractivity contribution >= 4 is 5.97 Å². The van der Waals surface area contributed by atoms with E-state index in [2.05, 4.69) is 31.0 Å². The van der Waals surface area contributed by atoms with Crippen LogP contribution >= 0.6 is 0 Å². The minimum atomic E-state index is -0.706. The normalized spacial score (nSPS) is 29.1. The van der Waals surface area contributed by atoms with Gasteiger partial charge in [-0.2, -0.15) is 0 Å². The Labute approximate surface area is 91.6 Å². The maximum Gasteiger partial charge on any atom is 0.304 e. The molecule has 2 atom stereocenters. The molecule has 1 aliphatic heterocycles. The smallest absolute Gasteiger partial charge is 0.304 e. The Morgan fingerprint density at radius 3 is 2.80 bits per heavy atom. The molecule has 0 aliphatic carbocycles. The molecule has 4 nitrogen and oxygen atoms in total. The van der Waals surface area contributed by atoms with E-state index in [9.17, 15) is 4.79 Å². The lowest BCUT2D eigenvalue weighted by atomic mass is 10.1. The van der Waals surface area contributed by atoms with E-state index in [4.69, 9.17) is 5.11 Å². The van der Waals surface area contributed by atoms with Crippen LogP contribution in [0, 0.1) is 0 Å². The van der Waals surface area contributed by atoms with Gasteiger partial charge in [-0.15, -0.1) is 0 Å². The summed E-state index contributed by atoms with van der Waals surface area (Å²) in [5.41, 5.74) is 0. The van der Waals surface area contributed by atoms with Crippen molar-refractivity contribution in [1.82, 2.24) is 10.2 Å². The van der Waals surface area contributed by atoms with Crippen LogP contribution < -0.4 is 5.32 Å². The standard InChI is InChI=1S/C11H22N2O2/c1-8(2)13-5-4-9(3)12-7-10(13)6-11(14)15/h8-10,12H,4-7H2,1-3H3,(H,14,15). The maximum absolute atomic E-state index is 10.8. The first-order valence-electron chi connectivity index (χ1n) is 5.71. The summed E-state index contributed by atoms with van der Waals surface area (Å²) in [6, 6.07) is 1.04. The summed E-state index contributed by atoms with van der Waals surface area (Å²) in [4.78, 5) is 13.1. The highest BCUT2D eigenvalue weighted by Gasteiger charge is 2.26. The first-order chi connectivity index (χ1) is 7.00. The molecule has 0 saturated carbocycles. The second-order valence-corrected chi connectivity index (χ2v) is 4.68. The molecule has 1 heterocycles. The second kappa shape index (κ2) is 5.47. The van der Waals surface area contributed by atoms with Gasteiger partial charge < -0.3 is 10.4 Å². The number of nitrogens with one attached hydrogen (secondary N) is 1. The van der Waals surface area contributed by atoms with Gasteiger partial charge in [-0.05, 0) is 27.2 Å². The van der Waals surface area contributed by atoms with E-state index in [0.717, 1.165) is 19.5 Å². The molecule has 1 saturated heterocycles. The quantitative estimate of drug-likeness (QED) is 0.733. The first kappa shape index (κ1) is 12.5. The highest BCUT2D eigenvalue weighted by molar-refractivity contribution is 5.67. The molecule has 1 aliphatic rings. The van der Waals surface area contributed by atoms with Crippen LogP contribution in [-0.4, -0.2) is 47.2 Å². The molecule has 0 bridgehead atoms. The zero-order chi connectivity index (χ0) is 11.4. The van der Waals surface area contributed by atoms with E-state index in [1.807, 2.05) is 0 Å². The fourth-order valence-electron chi connectivity index (χ4n) is 2.15. The Balaban J connectivity index is 2.64. The molecule has 0 radical (unpaired) electrons. The Morgan fingerprint density at radius 1 is 1.60 bits per heavy atom. The second-order valence-electron chi connectivity index (χ2n) is 4.68. The minimum absolute atomic E-state index is 0.132. The number of carbonyl (C=O) groups is 1. The molecular weight excluding hydrogens is 192 g/mol. The van der Waals surface area contributed by atoms with Gasteiger partial charge in [0, 0.05) is 31.2 Å². The molecule has 0 aromatic rings. The van der Waals surface area contributed by atoms with Crippen molar-refractivity contribution in [3.63, 3.8) is 0 Å². The Kier molecular flexibility index (Phi) is 4.54. The van der Waals surface area contributed by atoms with Gasteiger partial charge in [0.1, 0.15) is 0 Å². The monoisotopic (exact) mass is 214 g/mol. The van der Waals surface area contributed by atoms with Crippen molar-refractivity contribution in [2.45, 2.75) is 51.7 Å². The van der Waals surface area contributed by atoms with E-state index in [1.54, 1.807) is 0 Å². The summed E-state index contributed by atoms with van der Waals surface area (Å²) in [6.45, 7) is 8.19. The average Bonchev–Trinajstić information content (AvgIpc) is 2.28. The number of hydrogen-bond donors (Lipinski definition) is 2. The Morgan fingerprint density at radius 2 is 2.27 bits per heavy atom. The van der Waals surface area contributed by atoms with Gasteiger partial charge in [-0.25, -0.2) is 0 Å². The van der Waals surface area contributed by atoms with Gasteiger partial charge in [0.15, 0.2) is 0 Å². The van der Waals surface area contributed by atoms with Gasteiger partial charge in [0.05, 0.1) is 6.42 Å². The number of nitrogens with zero attached hydrogens (tertiary/aromatic N) is 1. The van der Waals surface area contributed by atoms with Crippen LogP contribution in [0.3, 0.4) is 0 Å². The van der Waals surface area contributed by atoms with E-state index in [-0.39, 0.29) is 12.5 Å². The number of carboxylic acid groups (broad SMARTS) is 1. The summed E-state index contributed by atoms with van der Waals surface area (Å²) < 4.78 is 0. The lowest BCUT2D eigenvalue weighted by Gasteiger charge is -2.32. The highest BCUT2D eigenvalue weighted by Crippen LogP contribution is 2.14. The van der Waals surface area contributed by atoms with Crippen molar-refractivity contribution in [2.24, 2.45) is 0 Å². The lowest BCUT2D eigenvalue weighted by Crippen LogP contribution is -2.45. The van der Waals surface area contributed by atoms with Gasteiger partial charge in [-0.1, -0.05) is 0 Å². The molecule has 88 valence electrons. The molecule has 0 aromatic heterocycles. The van der Waals surface area contributed by atoms with E-state index >= 15 is 0 Å². The third kappa shape index (κ3) is 3.80. The van der Waals surface area contributed by atoms with Crippen LogP contribution in [0.1, 0.15) is 33.6 Å². The predicted octanol–water partition coefficient (Wildman–Crippen LogP) is 0.922. The number of rotatable bonds is 3. The summed E-state index contributed by atoms with van der Waals surface area (Å²) >= 11 is 0. The van der Waals surface area contributed by atoms with Crippen LogP contribution in [0.25, 0.3) is 0 Å². The third-order valence-corrected chi connectivity index (χ3v) is 3.06. The van der Waals surface area contributed by atoms with E-state index in [0.29, 0.717) is 12.1 Å². The van der Waals surface area contributed by atoms with Crippen molar-refractivity contribution in [3.8, 4) is 0 Å². The van der Waals surface area contributed by atoms with Crippen LogP contribution in [0.2, 0.25) is 0 Å². The molecule has 1 rings (SSSR count). The van der Waals surface area contributed by atoms with Crippen molar-refractivity contribution in [3.05, 3.63) is 0 Å². The highest BCUT2D eigenvalue weighted by atomic mass is 16.4. The van der Waals surface area contributed by atoms with Gasteiger partial charge in [0.25, 0.3) is 0 Å². The fourth-order valence-corrected chi connectivity index (χ4v) is 2.15. The minimum Gasteiger partial charge on any atom is -0.481 e. The van der Waals surface area contributed by atoms with Crippen molar-refractivity contribution in [2.75, 3.05) is 13.1 Å². The zero-order valence-corrected chi connectivity index (χ0v) is 9.86. The van der Waals surface area contributed by atoms with Crippen molar-refractivity contribution < 1.29 is 9.90 Å². The van der Waals surface area contributed by atoms with Crippen LogP contribution in [-0.2, 0) is 4.79 Å².